The zero-order valence-corrected chi connectivity index (χ0v) is 10.3. The van der Waals surface area contributed by atoms with E-state index in [0.717, 1.165) is 0 Å². The Morgan fingerprint density at radius 1 is 1.53 bits per heavy atom. The smallest absolute Gasteiger partial charge is 0.309 e. The zero-order valence-electron chi connectivity index (χ0n) is 10.3. The highest BCUT2D eigenvalue weighted by molar-refractivity contribution is 6.00. The summed E-state index contributed by atoms with van der Waals surface area (Å²) < 4.78 is 9.93. The summed E-state index contributed by atoms with van der Waals surface area (Å²) in [5.74, 6) is -1.03. The molecule has 0 fully saturated rings. The van der Waals surface area contributed by atoms with Gasteiger partial charge in [-0.05, 0) is 29.8 Å². The Bertz CT molecular complexity index is 513. The number of rotatable bonds is 3. The van der Waals surface area contributed by atoms with Crippen LogP contribution in [0, 0.1) is 0 Å². The number of hydrogen-bond acceptors (Lipinski definition) is 6. The second kappa shape index (κ2) is 5.29. The minimum Gasteiger partial charge on any atom is -0.469 e. The second-order valence-corrected chi connectivity index (χ2v) is 4.05. The van der Waals surface area contributed by atoms with Crippen LogP contribution < -0.4 is 0 Å². The number of carbonyl (C=O) groups excluding carboxylic acids is 2. The molecular weight excluding hydrogens is 250 g/mol. The van der Waals surface area contributed by atoms with Crippen molar-refractivity contribution in [2.45, 2.75) is 18.3 Å². The average Bonchev–Trinajstić information content (AvgIpc) is 2.43. The Morgan fingerprint density at radius 2 is 2.21 bits per heavy atom. The molecule has 0 spiro atoms. The third kappa shape index (κ3) is 2.54. The minimum absolute atomic E-state index is 0.312. The molecule has 19 heavy (non-hydrogen) atoms. The van der Waals surface area contributed by atoms with Crippen molar-refractivity contribution < 1.29 is 24.2 Å². The van der Waals surface area contributed by atoms with E-state index in [2.05, 4.69) is 9.72 Å². The molecule has 2 heterocycles. The molecular formula is C13H13NO5. The highest BCUT2D eigenvalue weighted by Crippen LogP contribution is 2.35. The fourth-order valence-electron chi connectivity index (χ4n) is 1.95. The van der Waals surface area contributed by atoms with E-state index in [1.165, 1.54) is 31.7 Å². The minimum atomic E-state index is -1.57. The quantitative estimate of drug-likeness (QED) is 0.790. The molecule has 2 unspecified atom stereocenters. The Balaban J connectivity index is 2.47. The Labute approximate surface area is 109 Å². The van der Waals surface area contributed by atoms with Gasteiger partial charge in [0, 0.05) is 12.4 Å². The molecule has 0 aliphatic carbocycles. The van der Waals surface area contributed by atoms with Crippen molar-refractivity contribution in [3.8, 4) is 0 Å². The molecule has 100 valence electrons. The number of carbonyl (C=O) groups is 2. The van der Waals surface area contributed by atoms with E-state index in [1.54, 1.807) is 12.1 Å². The van der Waals surface area contributed by atoms with Crippen LogP contribution in [-0.4, -0.2) is 35.2 Å². The predicted molar refractivity (Wildman–Crippen MR) is 63.8 cm³/mol. The van der Waals surface area contributed by atoms with Crippen LogP contribution in [0.5, 0.6) is 0 Å². The number of aliphatic hydroxyl groups excluding tert-OH is 1. The first kappa shape index (κ1) is 13.4. The number of aliphatic hydroxyl groups is 1. The largest absolute Gasteiger partial charge is 0.469 e. The first-order valence-electron chi connectivity index (χ1n) is 5.64. The van der Waals surface area contributed by atoms with E-state index in [1.807, 2.05) is 0 Å². The highest BCUT2D eigenvalue weighted by Gasteiger charge is 2.46. The number of pyridine rings is 1. The number of ether oxygens (including phenoxy) is 2. The summed E-state index contributed by atoms with van der Waals surface area (Å²) in [6.45, 7) is 0. The van der Waals surface area contributed by atoms with Crippen LogP contribution in [-0.2, 0) is 24.7 Å². The number of nitrogens with zero attached hydrogens (tertiary/aromatic N) is 1. The maximum atomic E-state index is 12.2. The molecule has 0 saturated heterocycles. The van der Waals surface area contributed by atoms with Crippen LogP contribution >= 0.6 is 0 Å². The normalized spacial score (nSPS) is 26.2. The van der Waals surface area contributed by atoms with Crippen molar-refractivity contribution in [3.05, 3.63) is 42.2 Å². The molecule has 0 bridgehead atoms. The van der Waals surface area contributed by atoms with Gasteiger partial charge in [-0.3, -0.25) is 14.6 Å². The van der Waals surface area contributed by atoms with Crippen LogP contribution in [0.15, 0.2) is 36.7 Å². The van der Waals surface area contributed by atoms with Crippen molar-refractivity contribution in [3.63, 3.8) is 0 Å². The van der Waals surface area contributed by atoms with Crippen LogP contribution in [0.1, 0.15) is 12.0 Å². The molecule has 1 aromatic rings. The molecule has 1 aliphatic heterocycles. The summed E-state index contributed by atoms with van der Waals surface area (Å²) >= 11 is 0. The summed E-state index contributed by atoms with van der Waals surface area (Å²) in [4.78, 5) is 27.5. The predicted octanol–water partition coefficient (Wildman–Crippen LogP) is 0.314. The first-order chi connectivity index (χ1) is 9.08. The van der Waals surface area contributed by atoms with Gasteiger partial charge in [-0.1, -0.05) is 0 Å². The molecule has 6 nitrogen and oxygen atoms in total. The van der Waals surface area contributed by atoms with Crippen LogP contribution in [0.2, 0.25) is 0 Å². The fourth-order valence-corrected chi connectivity index (χ4v) is 1.95. The maximum absolute atomic E-state index is 12.2. The van der Waals surface area contributed by atoms with E-state index in [0.29, 0.717) is 5.56 Å². The number of esters is 1. The Hall–Kier alpha value is -2.05. The van der Waals surface area contributed by atoms with E-state index >= 15 is 0 Å². The standard InChI is InChI=1S/C13H13NO5/c1-18-12(17)8-13(9-4-6-14-7-5-9)10(15)2-3-11(16)19-13/h2-7,11,16H,8H2,1H3. The van der Waals surface area contributed by atoms with Gasteiger partial charge in [-0.15, -0.1) is 0 Å². The summed E-state index contributed by atoms with van der Waals surface area (Å²) in [7, 11) is 1.22. The third-order valence-electron chi connectivity index (χ3n) is 2.90. The lowest BCUT2D eigenvalue weighted by molar-refractivity contribution is -0.190. The maximum Gasteiger partial charge on any atom is 0.309 e. The lowest BCUT2D eigenvalue weighted by Gasteiger charge is -2.34. The number of hydrogen-bond donors (Lipinski definition) is 1. The van der Waals surface area contributed by atoms with Crippen LogP contribution in [0.4, 0.5) is 0 Å². The van der Waals surface area contributed by atoms with Gasteiger partial charge >= 0.3 is 5.97 Å². The van der Waals surface area contributed by atoms with Gasteiger partial charge in [0.05, 0.1) is 13.5 Å². The fraction of sp³-hybridized carbons (Fsp3) is 0.308. The number of ketones is 1. The summed E-state index contributed by atoms with van der Waals surface area (Å²) in [6.07, 6.45) is 3.82. The summed E-state index contributed by atoms with van der Waals surface area (Å²) in [6, 6.07) is 3.12. The third-order valence-corrected chi connectivity index (χ3v) is 2.90. The molecule has 0 amide bonds. The summed E-state index contributed by atoms with van der Waals surface area (Å²) in [5.41, 5.74) is -1.12. The van der Waals surface area contributed by atoms with Gasteiger partial charge in [-0.2, -0.15) is 0 Å². The molecule has 6 heteroatoms. The molecule has 0 aromatic carbocycles. The van der Waals surface area contributed by atoms with Crippen molar-refractivity contribution in [2.75, 3.05) is 7.11 Å². The molecule has 1 aromatic heterocycles. The molecule has 2 atom stereocenters. The molecule has 1 aliphatic rings. The second-order valence-electron chi connectivity index (χ2n) is 4.05. The lowest BCUT2D eigenvalue weighted by atomic mass is 9.85. The van der Waals surface area contributed by atoms with Crippen molar-refractivity contribution in [1.82, 2.24) is 4.98 Å². The number of methoxy groups -OCH3 is 1. The van der Waals surface area contributed by atoms with Gasteiger partial charge in [-0.25, -0.2) is 0 Å². The van der Waals surface area contributed by atoms with E-state index in [-0.39, 0.29) is 6.42 Å². The Morgan fingerprint density at radius 3 is 2.84 bits per heavy atom. The van der Waals surface area contributed by atoms with E-state index in [9.17, 15) is 14.7 Å². The van der Waals surface area contributed by atoms with Crippen LogP contribution in [0.25, 0.3) is 0 Å². The van der Waals surface area contributed by atoms with Crippen molar-refractivity contribution in [2.24, 2.45) is 0 Å². The molecule has 1 N–H and O–H groups in total. The molecule has 0 saturated carbocycles. The summed E-state index contributed by atoms with van der Waals surface area (Å²) in [5, 5.41) is 9.58. The van der Waals surface area contributed by atoms with E-state index < -0.39 is 23.6 Å². The van der Waals surface area contributed by atoms with Gasteiger partial charge in [0.1, 0.15) is 0 Å². The topological polar surface area (TPSA) is 85.7 Å². The monoisotopic (exact) mass is 263 g/mol. The van der Waals surface area contributed by atoms with Crippen molar-refractivity contribution >= 4 is 11.8 Å². The zero-order chi connectivity index (χ0) is 13.9. The molecule has 2 rings (SSSR count). The van der Waals surface area contributed by atoms with Gasteiger partial charge in [0.25, 0.3) is 0 Å². The Kier molecular flexibility index (Phi) is 3.73. The van der Waals surface area contributed by atoms with Crippen LogP contribution in [0.3, 0.4) is 0 Å². The lowest BCUT2D eigenvalue weighted by Crippen LogP contribution is -2.45. The average molecular weight is 263 g/mol. The molecule has 0 radical (unpaired) electrons. The van der Waals surface area contributed by atoms with Gasteiger partial charge in [0.15, 0.2) is 17.7 Å². The number of aromatic nitrogens is 1. The highest BCUT2D eigenvalue weighted by atomic mass is 16.6. The first-order valence-corrected chi connectivity index (χ1v) is 5.64. The van der Waals surface area contributed by atoms with Gasteiger partial charge in [0.2, 0.25) is 0 Å². The van der Waals surface area contributed by atoms with E-state index in [4.69, 9.17) is 4.74 Å². The van der Waals surface area contributed by atoms with Gasteiger partial charge < -0.3 is 14.6 Å². The SMILES string of the molecule is COC(=O)CC1(c2ccncc2)OC(O)C=CC1=O. The van der Waals surface area contributed by atoms with Crippen molar-refractivity contribution in [1.29, 1.82) is 0 Å².